The predicted octanol–water partition coefficient (Wildman–Crippen LogP) is 4.13. The van der Waals surface area contributed by atoms with Crippen LogP contribution < -0.4 is 9.47 Å². The quantitative estimate of drug-likeness (QED) is 0.723. The van der Waals surface area contributed by atoms with Gasteiger partial charge in [-0.15, -0.1) is 0 Å². The average molecular weight is 268 g/mol. The van der Waals surface area contributed by atoms with Crippen LogP contribution in [0.2, 0.25) is 0 Å². The number of ether oxygens (including phenoxy) is 2. The van der Waals surface area contributed by atoms with Crippen LogP contribution in [0.1, 0.15) is 23.6 Å². The molecule has 3 nitrogen and oxygen atoms in total. The van der Waals surface area contributed by atoms with Gasteiger partial charge in [0.1, 0.15) is 0 Å². The van der Waals surface area contributed by atoms with Gasteiger partial charge in [-0.25, -0.2) is 0 Å². The van der Waals surface area contributed by atoms with Gasteiger partial charge in [0, 0.05) is 17.5 Å². The van der Waals surface area contributed by atoms with Gasteiger partial charge in [-0.05, 0) is 12.5 Å². The summed E-state index contributed by atoms with van der Waals surface area (Å²) in [6.07, 6.45) is 4.64. The number of allylic oxidation sites excluding steroid dienone is 1. The van der Waals surface area contributed by atoms with Crippen molar-refractivity contribution in [1.82, 2.24) is 0 Å². The van der Waals surface area contributed by atoms with Gasteiger partial charge in [-0.1, -0.05) is 42.5 Å². The summed E-state index contributed by atoms with van der Waals surface area (Å²) in [5.74, 6) is 1.89. The highest BCUT2D eigenvalue weighted by atomic mass is 16.6. The third-order valence-corrected chi connectivity index (χ3v) is 3.40. The molecule has 0 aromatic heterocycles. The minimum atomic E-state index is 0.0988. The Morgan fingerprint density at radius 3 is 2.60 bits per heavy atom. The number of fused-ring (bicyclic) bond motifs is 1. The van der Waals surface area contributed by atoms with Crippen molar-refractivity contribution in [3.8, 4) is 23.0 Å². The van der Waals surface area contributed by atoms with E-state index < -0.39 is 0 Å². The molecular weight excluding hydrogens is 252 g/mol. The Balaban J connectivity index is 2.13. The molecule has 0 radical (unpaired) electrons. The van der Waals surface area contributed by atoms with Crippen molar-refractivity contribution in [3.05, 3.63) is 53.1 Å². The van der Waals surface area contributed by atoms with E-state index in [0.29, 0.717) is 17.9 Å². The number of phenolic OH excluding ortho intramolecular Hbond substituents is 1. The molecule has 1 aliphatic rings. The van der Waals surface area contributed by atoms with Crippen molar-refractivity contribution >= 4 is 6.08 Å². The number of phenols is 1. The molecular formula is C17H16O3. The summed E-state index contributed by atoms with van der Waals surface area (Å²) in [6.45, 7) is 1.96. The van der Waals surface area contributed by atoms with Crippen molar-refractivity contribution in [2.75, 3.05) is 7.11 Å². The van der Waals surface area contributed by atoms with Gasteiger partial charge in [-0.3, -0.25) is 0 Å². The molecule has 102 valence electrons. The number of hydrogen-bond donors (Lipinski definition) is 1. The van der Waals surface area contributed by atoms with E-state index >= 15 is 0 Å². The third-order valence-electron chi connectivity index (χ3n) is 3.40. The Kier molecular flexibility index (Phi) is 3.11. The van der Waals surface area contributed by atoms with Crippen LogP contribution in [0.5, 0.6) is 23.0 Å². The lowest BCUT2D eigenvalue weighted by Gasteiger charge is -2.11. The highest BCUT2D eigenvalue weighted by molar-refractivity contribution is 5.81. The van der Waals surface area contributed by atoms with Crippen molar-refractivity contribution < 1.29 is 14.6 Å². The first kappa shape index (κ1) is 12.6. The SMILES string of the molecule is C/C=C/c1c(Cc2ccccc2)c(OC)c(O)c2c1O2. The Bertz CT molecular complexity index is 673. The van der Waals surface area contributed by atoms with Crippen LogP contribution in [-0.4, -0.2) is 12.2 Å². The fourth-order valence-corrected chi connectivity index (χ4v) is 2.45. The van der Waals surface area contributed by atoms with Gasteiger partial charge in [-0.2, -0.15) is 0 Å². The standard InChI is InChI=1S/C17H16O3/c1-3-7-12-13(10-11-8-5-4-6-9-11)15(19-2)14(18)17-16(12)20-17/h3-9,18H,10H2,1-2H3/b7-3+. The number of hydrogen-bond acceptors (Lipinski definition) is 3. The van der Waals surface area contributed by atoms with Crippen LogP contribution in [0, 0.1) is 0 Å². The molecule has 0 unspecified atom stereocenters. The maximum Gasteiger partial charge on any atom is 0.216 e. The zero-order valence-electron chi connectivity index (χ0n) is 11.5. The molecule has 2 aromatic rings. The van der Waals surface area contributed by atoms with E-state index in [2.05, 4.69) is 12.1 Å². The molecule has 0 saturated heterocycles. The summed E-state index contributed by atoms with van der Waals surface area (Å²) >= 11 is 0. The molecule has 3 rings (SSSR count). The van der Waals surface area contributed by atoms with Gasteiger partial charge >= 0.3 is 0 Å². The lowest BCUT2D eigenvalue weighted by molar-refractivity contribution is 0.368. The molecule has 0 saturated carbocycles. The van der Waals surface area contributed by atoms with Crippen LogP contribution in [0.15, 0.2) is 36.4 Å². The lowest BCUT2D eigenvalue weighted by atomic mass is 9.98. The molecule has 0 fully saturated rings. The largest absolute Gasteiger partial charge is 0.502 e. The smallest absolute Gasteiger partial charge is 0.216 e. The summed E-state index contributed by atoms with van der Waals surface area (Å²) in [6, 6.07) is 10.1. The average Bonchev–Trinajstić information content (AvgIpc) is 3.25. The molecule has 1 N–H and O–H groups in total. The summed E-state index contributed by atoms with van der Waals surface area (Å²) in [7, 11) is 1.57. The van der Waals surface area contributed by atoms with Gasteiger partial charge in [0.2, 0.25) is 11.5 Å². The monoisotopic (exact) mass is 268 g/mol. The fraction of sp³-hybridized carbons (Fsp3) is 0.176. The third kappa shape index (κ3) is 2.01. The molecule has 0 spiro atoms. The summed E-state index contributed by atoms with van der Waals surface area (Å²) in [4.78, 5) is 0. The summed E-state index contributed by atoms with van der Waals surface area (Å²) in [5.41, 5.74) is 3.10. The lowest BCUT2D eigenvalue weighted by Crippen LogP contribution is -1.96. The molecule has 0 bridgehead atoms. The van der Waals surface area contributed by atoms with Crippen LogP contribution >= 0.6 is 0 Å². The minimum absolute atomic E-state index is 0.0988. The van der Waals surface area contributed by atoms with Crippen molar-refractivity contribution in [3.63, 3.8) is 0 Å². The predicted molar refractivity (Wildman–Crippen MR) is 78.7 cm³/mol. The topological polar surface area (TPSA) is 42.0 Å². The second-order valence-corrected chi connectivity index (χ2v) is 4.70. The molecule has 0 aliphatic carbocycles. The maximum atomic E-state index is 10.1. The van der Waals surface area contributed by atoms with Crippen LogP contribution in [0.4, 0.5) is 0 Å². The van der Waals surface area contributed by atoms with Crippen molar-refractivity contribution in [2.45, 2.75) is 13.3 Å². The van der Waals surface area contributed by atoms with E-state index in [1.807, 2.05) is 37.3 Å². The Morgan fingerprint density at radius 1 is 1.20 bits per heavy atom. The first-order valence-corrected chi connectivity index (χ1v) is 6.56. The van der Waals surface area contributed by atoms with Gasteiger partial charge < -0.3 is 14.6 Å². The number of benzene rings is 2. The number of methoxy groups -OCH3 is 1. The highest BCUT2D eigenvalue weighted by Crippen LogP contribution is 2.60. The minimum Gasteiger partial charge on any atom is -0.502 e. The molecule has 2 aromatic carbocycles. The van der Waals surface area contributed by atoms with Crippen LogP contribution in [0.25, 0.3) is 6.08 Å². The van der Waals surface area contributed by atoms with Gasteiger partial charge in [0.05, 0.1) is 7.11 Å². The van der Waals surface area contributed by atoms with E-state index in [4.69, 9.17) is 9.47 Å². The second kappa shape index (κ2) is 4.93. The Hall–Kier alpha value is -2.42. The molecule has 3 heteroatoms. The zero-order valence-corrected chi connectivity index (χ0v) is 11.5. The van der Waals surface area contributed by atoms with Crippen molar-refractivity contribution in [2.24, 2.45) is 0 Å². The van der Waals surface area contributed by atoms with Crippen LogP contribution in [-0.2, 0) is 6.42 Å². The van der Waals surface area contributed by atoms with Crippen molar-refractivity contribution in [1.29, 1.82) is 0 Å². The van der Waals surface area contributed by atoms with Gasteiger partial charge in [0.15, 0.2) is 11.5 Å². The molecule has 1 heterocycles. The van der Waals surface area contributed by atoms with Gasteiger partial charge in [0.25, 0.3) is 0 Å². The number of rotatable bonds is 4. The first-order chi connectivity index (χ1) is 9.76. The molecule has 0 atom stereocenters. The van der Waals surface area contributed by atoms with Crippen LogP contribution in [0.3, 0.4) is 0 Å². The van der Waals surface area contributed by atoms with E-state index in [1.165, 1.54) is 0 Å². The molecule has 1 aliphatic heterocycles. The molecule has 0 amide bonds. The van der Waals surface area contributed by atoms with E-state index in [1.54, 1.807) is 7.11 Å². The Morgan fingerprint density at radius 2 is 1.95 bits per heavy atom. The normalized spacial score (nSPS) is 12.1. The first-order valence-electron chi connectivity index (χ1n) is 6.56. The maximum absolute atomic E-state index is 10.1. The fourth-order valence-electron chi connectivity index (χ4n) is 2.45. The Labute approximate surface area is 118 Å². The van der Waals surface area contributed by atoms with E-state index in [-0.39, 0.29) is 5.75 Å². The molecule has 20 heavy (non-hydrogen) atoms. The van der Waals surface area contributed by atoms with E-state index in [0.717, 1.165) is 22.4 Å². The summed E-state index contributed by atoms with van der Waals surface area (Å²) in [5, 5.41) is 10.1. The van der Waals surface area contributed by atoms with E-state index in [9.17, 15) is 5.11 Å². The summed E-state index contributed by atoms with van der Waals surface area (Å²) < 4.78 is 10.8. The second-order valence-electron chi connectivity index (χ2n) is 4.70. The zero-order chi connectivity index (χ0) is 14.1. The number of aromatic hydroxyl groups is 1. The highest BCUT2D eigenvalue weighted by Gasteiger charge is 2.35.